The molecule has 2 saturated heterocycles. The van der Waals surface area contributed by atoms with E-state index in [9.17, 15) is 14.9 Å². The fraction of sp³-hybridized carbons (Fsp3) is 0.444. The van der Waals surface area contributed by atoms with E-state index >= 15 is 0 Å². The minimum atomic E-state index is -0.306. The van der Waals surface area contributed by atoms with Crippen LogP contribution in [0.2, 0.25) is 0 Å². The second kappa shape index (κ2) is 7.84. The average Bonchev–Trinajstić information content (AvgIpc) is 2.91. The van der Waals surface area contributed by atoms with E-state index in [4.69, 9.17) is 17.0 Å². The number of rotatable bonds is 3. The largest absolute Gasteiger partial charge is 0.378 e. The Kier molecular flexibility index (Phi) is 5.69. The summed E-state index contributed by atoms with van der Waals surface area (Å²) in [6.45, 7) is 6.46. The fourth-order valence-electron chi connectivity index (χ4n) is 3.23. The van der Waals surface area contributed by atoms with E-state index in [1.54, 1.807) is 24.6 Å². The molecule has 0 aromatic carbocycles. The number of amides is 1. The Labute approximate surface area is 167 Å². The second-order valence-electron chi connectivity index (χ2n) is 6.24. The lowest BCUT2D eigenvalue weighted by Crippen LogP contribution is -2.41. The maximum Gasteiger partial charge on any atom is 0.270 e. The van der Waals surface area contributed by atoms with E-state index < -0.39 is 0 Å². The summed E-state index contributed by atoms with van der Waals surface area (Å²) in [7, 11) is 1.64. The van der Waals surface area contributed by atoms with E-state index in [0.29, 0.717) is 53.2 Å². The van der Waals surface area contributed by atoms with Crippen molar-refractivity contribution in [2.24, 2.45) is 0 Å². The summed E-state index contributed by atoms with van der Waals surface area (Å²) in [6, 6.07) is 2.03. The molecule has 1 amide bonds. The topological polar surface area (TPSA) is 78.6 Å². The summed E-state index contributed by atoms with van der Waals surface area (Å²) in [6.07, 6.45) is 1.76. The van der Waals surface area contributed by atoms with Crippen molar-refractivity contribution in [3.05, 3.63) is 31.9 Å². The summed E-state index contributed by atoms with van der Waals surface area (Å²) in [4.78, 5) is 29.3. The van der Waals surface area contributed by atoms with Crippen LogP contribution in [0.3, 0.4) is 0 Å². The first-order chi connectivity index (χ1) is 12.9. The number of nitrogens with zero attached hydrogens (tertiary/aromatic N) is 4. The van der Waals surface area contributed by atoms with E-state index in [2.05, 4.69) is 4.90 Å². The SMILES string of the molecule is CCn1c(N2CCOCC2)c(C=C2SC(=S)N(C)C2=O)c(C)c(C#N)c1=O. The number of likely N-dealkylation sites (N-methyl/N-ethyl adjacent to an activating group) is 1. The number of thioether (sulfide) groups is 1. The molecule has 0 radical (unpaired) electrons. The van der Waals surface area contributed by atoms with Gasteiger partial charge in [-0.15, -0.1) is 0 Å². The number of pyridine rings is 1. The molecule has 3 heterocycles. The molecule has 142 valence electrons. The molecule has 0 saturated carbocycles. The third kappa shape index (κ3) is 3.40. The Bertz CT molecular complexity index is 939. The number of ether oxygens (including phenoxy) is 1. The van der Waals surface area contributed by atoms with Crippen molar-refractivity contribution in [2.75, 3.05) is 38.3 Å². The molecule has 0 spiro atoms. The molecule has 2 aliphatic heterocycles. The number of anilines is 1. The van der Waals surface area contributed by atoms with Crippen molar-refractivity contribution in [1.82, 2.24) is 9.47 Å². The van der Waals surface area contributed by atoms with Crippen LogP contribution in [-0.4, -0.2) is 53.0 Å². The molecule has 9 heteroatoms. The van der Waals surface area contributed by atoms with Crippen molar-refractivity contribution >= 4 is 46.1 Å². The smallest absolute Gasteiger partial charge is 0.270 e. The van der Waals surface area contributed by atoms with E-state index in [1.165, 1.54) is 16.7 Å². The van der Waals surface area contributed by atoms with Crippen molar-refractivity contribution in [3.8, 4) is 6.07 Å². The highest BCUT2D eigenvalue weighted by molar-refractivity contribution is 8.26. The molecular formula is C18H20N4O3S2. The zero-order valence-electron chi connectivity index (χ0n) is 15.4. The van der Waals surface area contributed by atoms with Crippen LogP contribution in [0, 0.1) is 18.3 Å². The number of morpholine rings is 1. The summed E-state index contributed by atoms with van der Waals surface area (Å²) in [5, 5.41) is 9.52. The molecule has 1 aromatic rings. The molecule has 2 fully saturated rings. The first kappa shape index (κ1) is 19.6. The van der Waals surface area contributed by atoms with Gasteiger partial charge in [0.1, 0.15) is 21.8 Å². The van der Waals surface area contributed by atoms with E-state index in [1.807, 2.05) is 13.0 Å². The quantitative estimate of drug-likeness (QED) is 0.561. The number of hydrogen-bond acceptors (Lipinski definition) is 7. The number of thiocarbonyl (C=S) groups is 1. The third-order valence-electron chi connectivity index (χ3n) is 4.74. The Hall–Kier alpha value is -2.15. The van der Waals surface area contributed by atoms with Gasteiger partial charge in [0.15, 0.2) is 0 Å². The highest BCUT2D eigenvalue weighted by atomic mass is 32.2. The highest BCUT2D eigenvalue weighted by Gasteiger charge is 2.31. The predicted octanol–water partition coefficient (Wildman–Crippen LogP) is 1.72. The Morgan fingerprint density at radius 2 is 2.00 bits per heavy atom. The predicted molar refractivity (Wildman–Crippen MR) is 110 cm³/mol. The molecule has 2 aliphatic rings. The molecule has 3 rings (SSSR count). The third-order valence-corrected chi connectivity index (χ3v) is 6.22. The molecule has 1 aromatic heterocycles. The van der Waals surface area contributed by atoms with Crippen molar-refractivity contribution < 1.29 is 9.53 Å². The number of carbonyl (C=O) groups excluding carboxylic acids is 1. The molecule has 0 aliphatic carbocycles. The van der Waals surface area contributed by atoms with Crippen LogP contribution in [0.25, 0.3) is 6.08 Å². The maximum absolute atomic E-state index is 12.8. The zero-order valence-corrected chi connectivity index (χ0v) is 17.1. The van der Waals surface area contributed by atoms with Gasteiger partial charge in [-0.25, -0.2) is 0 Å². The summed E-state index contributed by atoms with van der Waals surface area (Å²) >= 11 is 6.44. The van der Waals surface area contributed by atoms with Gasteiger partial charge in [-0.1, -0.05) is 24.0 Å². The monoisotopic (exact) mass is 404 g/mol. The normalized spacial score (nSPS) is 19.1. The van der Waals surface area contributed by atoms with Crippen LogP contribution in [0.5, 0.6) is 0 Å². The van der Waals surface area contributed by atoms with Crippen LogP contribution in [0.15, 0.2) is 9.70 Å². The van der Waals surface area contributed by atoms with Crippen LogP contribution in [0.4, 0.5) is 5.82 Å². The fourth-order valence-corrected chi connectivity index (χ4v) is 4.39. The van der Waals surface area contributed by atoms with Crippen molar-refractivity contribution in [3.63, 3.8) is 0 Å². The van der Waals surface area contributed by atoms with Crippen molar-refractivity contribution in [2.45, 2.75) is 20.4 Å². The van der Waals surface area contributed by atoms with Crippen LogP contribution < -0.4 is 10.5 Å². The molecule has 0 unspecified atom stereocenters. The van der Waals surface area contributed by atoms with Gasteiger partial charge in [-0.05, 0) is 25.5 Å². The molecule has 0 bridgehead atoms. The molecule has 0 atom stereocenters. The second-order valence-corrected chi connectivity index (χ2v) is 7.91. The van der Waals surface area contributed by atoms with Gasteiger partial charge in [-0.2, -0.15) is 5.26 Å². The molecule has 0 N–H and O–H groups in total. The van der Waals surface area contributed by atoms with Gasteiger partial charge in [0.05, 0.1) is 18.1 Å². The minimum absolute atomic E-state index is 0.104. The Balaban J connectivity index is 2.28. The first-order valence-corrected chi connectivity index (χ1v) is 9.84. The van der Waals surface area contributed by atoms with Crippen LogP contribution >= 0.6 is 24.0 Å². The average molecular weight is 405 g/mol. The molecule has 7 nitrogen and oxygen atoms in total. The lowest BCUT2D eigenvalue weighted by Gasteiger charge is -2.33. The minimum Gasteiger partial charge on any atom is -0.378 e. The summed E-state index contributed by atoms with van der Waals surface area (Å²) in [5.41, 5.74) is 1.09. The van der Waals surface area contributed by atoms with Gasteiger partial charge in [0, 0.05) is 32.2 Å². The standard InChI is InChI=1S/C18H20N4O3S2/c1-4-22-15(21-5-7-25-8-6-21)12(11(2)13(10-19)16(22)23)9-14-17(24)20(3)18(26)27-14/h9H,4-8H2,1-3H3. The van der Waals surface area contributed by atoms with Crippen LogP contribution in [-0.2, 0) is 16.1 Å². The highest BCUT2D eigenvalue weighted by Crippen LogP contribution is 2.35. The van der Waals surface area contributed by atoms with E-state index in [-0.39, 0.29) is 17.0 Å². The lowest BCUT2D eigenvalue weighted by molar-refractivity contribution is -0.121. The molecule has 27 heavy (non-hydrogen) atoms. The first-order valence-electron chi connectivity index (χ1n) is 8.62. The molecular weight excluding hydrogens is 384 g/mol. The zero-order chi connectivity index (χ0) is 19.7. The number of aromatic nitrogens is 1. The Morgan fingerprint density at radius 1 is 1.33 bits per heavy atom. The van der Waals surface area contributed by atoms with Gasteiger partial charge < -0.3 is 9.64 Å². The summed E-state index contributed by atoms with van der Waals surface area (Å²) < 4.78 is 7.53. The van der Waals surface area contributed by atoms with Crippen LogP contribution in [0.1, 0.15) is 23.6 Å². The lowest BCUT2D eigenvalue weighted by atomic mass is 10.0. The maximum atomic E-state index is 12.8. The number of carbonyl (C=O) groups is 1. The number of hydrogen-bond donors (Lipinski definition) is 0. The summed E-state index contributed by atoms with van der Waals surface area (Å²) in [5.74, 6) is 0.550. The van der Waals surface area contributed by atoms with Gasteiger partial charge in [-0.3, -0.25) is 19.1 Å². The Morgan fingerprint density at radius 3 is 2.52 bits per heavy atom. The van der Waals surface area contributed by atoms with E-state index in [0.717, 1.165) is 5.82 Å². The van der Waals surface area contributed by atoms with Gasteiger partial charge >= 0.3 is 0 Å². The van der Waals surface area contributed by atoms with Crippen molar-refractivity contribution in [1.29, 1.82) is 5.26 Å². The van der Waals surface area contributed by atoms with Gasteiger partial charge in [0.25, 0.3) is 11.5 Å². The van der Waals surface area contributed by atoms with Gasteiger partial charge in [0.2, 0.25) is 0 Å². The number of nitriles is 1.